The molecule has 0 fully saturated rings. The van der Waals surface area contributed by atoms with Crippen LogP contribution >= 0.6 is 0 Å². The van der Waals surface area contributed by atoms with Gasteiger partial charge in [0, 0.05) is 33.8 Å². The zero-order valence-electron chi connectivity index (χ0n) is 18.9. The third-order valence-corrected chi connectivity index (χ3v) is 7.37. The Hall–Kier alpha value is -4.69. The average molecular weight is 445 g/mol. The first-order chi connectivity index (χ1) is 17.4. The Balaban J connectivity index is 1.35. The van der Waals surface area contributed by atoms with E-state index >= 15 is 0 Å². The van der Waals surface area contributed by atoms with E-state index in [1.165, 1.54) is 60.5 Å². The van der Waals surface area contributed by atoms with Crippen LogP contribution in [0.4, 0.5) is 0 Å². The van der Waals surface area contributed by atoms with Gasteiger partial charge in [0.15, 0.2) is 0 Å². The standard InChI is InChI=1S/C33H20N2/c1-2-10-23(11-3-1)35-31-15-5-4-12-24(31)28-18-22(16-17-32(28)35)30-19-27-25-13-6-8-21-9-7-14-26(33(21)25)29(27)20-34-30/h1-20H. The molecule has 0 bridgehead atoms. The highest BCUT2D eigenvalue weighted by Crippen LogP contribution is 2.47. The van der Waals surface area contributed by atoms with Gasteiger partial charge in [0.25, 0.3) is 0 Å². The molecule has 162 valence electrons. The molecule has 0 unspecified atom stereocenters. The maximum Gasteiger partial charge on any atom is 0.0708 e. The number of fused-ring (bicyclic) bond motifs is 6. The quantitative estimate of drug-likeness (QED) is 0.261. The lowest BCUT2D eigenvalue weighted by molar-refractivity contribution is 1.18. The molecule has 1 aliphatic carbocycles. The SMILES string of the molecule is c1ccc(-n2c3ccccc3c3cc(-c4cc5c(cn4)-c4cccc6cccc-5c46)ccc32)cc1. The molecule has 0 radical (unpaired) electrons. The van der Waals surface area contributed by atoms with Crippen molar-refractivity contribution >= 4 is 32.6 Å². The van der Waals surface area contributed by atoms with Crippen LogP contribution in [0.1, 0.15) is 0 Å². The second kappa shape index (κ2) is 6.91. The van der Waals surface area contributed by atoms with Gasteiger partial charge in [-0.2, -0.15) is 0 Å². The number of benzene rings is 5. The topological polar surface area (TPSA) is 17.8 Å². The molecular formula is C33H20N2. The lowest BCUT2D eigenvalue weighted by Gasteiger charge is -2.09. The Morgan fingerprint density at radius 2 is 1.26 bits per heavy atom. The molecule has 1 aliphatic rings. The van der Waals surface area contributed by atoms with Crippen LogP contribution in [-0.4, -0.2) is 9.55 Å². The molecule has 2 heterocycles. The first-order valence-corrected chi connectivity index (χ1v) is 12.0. The van der Waals surface area contributed by atoms with Gasteiger partial charge in [0.05, 0.1) is 16.7 Å². The van der Waals surface area contributed by atoms with Crippen LogP contribution in [0.3, 0.4) is 0 Å². The number of pyridine rings is 1. The summed E-state index contributed by atoms with van der Waals surface area (Å²) < 4.78 is 2.35. The summed E-state index contributed by atoms with van der Waals surface area (Å²) in [6.07, 6.45) is 2.05. The summed E-state index contributed by atoms with van der Waals surface area (Å²) in [4.78, 5) is 4.94. The minimum Gasteiger partial charge on any atom is -0.309 e. The number of rotatable bonds is 2. The minimum atomic E-state index is 1.01. The van der Waals surface area contributed by atoms with Gasteiger partial charge in [0.2, 0.25) is 0 Å². The van der Waals surface area contributed by atoms with Crippen LogP contribution in [0, 0.1) is 0 Å². The zero-order chi connectivity index (χ0) is 22.9. The molecular weight excluding hydrogens is 424 g/mol. The van der Waals surface area contributed by atoms with Gasteiger partial charge >= 0.3 is 0 Å². The van der Waals surface area contributed by atoms with E-state index in [1.807, 2.05) is 0 Å². The number of hydrogen-bond acceptors (Lipinski definition) is 1. The summed E-state index contributed by atoms with van der Waals surface area (Å²) in [6, 6.07) is 41.4. The van der Waals surface area contributed by atoms with E-state index in [0.717, 1.165) is 11.3 Å². The molecule has 2 aromatic heterocycles. The largest absolute Gasteiger partial charge is 0.309 e. The Morgan fingerprint density at radius 3 is 2.11 bits per heavy atom. The smallest absolute Gasteiger partial charge is 0.0708 e. The van der Waals surface area contributed by atoms with Gasteiger partial charge in [0.1, 0.15) is 0 Å². The number of para-hydroxylation sites is 2. The molecule has 35 heavy (non-hydrogen) atoms. The van der Waals surface area contributed by atoms with Crippen LogP contribution in [0.15, 0.2) is 121 Å². The Morgan fingerprint density at radius 1 is 0.514 bits per heavy atom. The number of aromatic nitrogens is 2. The summed E-state index contributed by atoms with van der Waals surface area (Å²) in [5, 5.41) is 5.12. The monoisotopic (exact) mass is 444 g/mol. The summed E-state index contributed by atoms with van der Waals surface area (Å²) in [7, 11) is 0. The fourth-order valence-corrected chi connectivity index (χ4v) is 5.83. The summed E-state index contributed by atoms with van der Waals surface area (Å²) in [6.45, 7) is 0. The molecule has 5 aromatic carbocycles. The predicted octanol–water partition coefficient (Wildman–Crippen LogP) is 8.65. The average Bonchev–Trinajstić information content (AvgIpc) is 3.43. The van der Waals surface area contributed by atoms with Crippen molar-refractivity contribution in [2.75, 3.05) is 0 Å². The Labute approximate surface area is 202 Å². The minimum absolute atomic E-state index is 1.01. The van der Waals surface area contributed by atoms with Crippen LogP contribution in [-0.2, 0) is 0 Å². The molecule has 2 nitrogen and oxygen atoms in total. The van der Waals surface area contributed by atoms with Crippen molar-refractivity contribution in [1.29, 1.82) is 0 Å². The van der Waals surface area contributed by atoms with Crippen molar-refractivity contribution in [3.05, 3.63) is 121 Å². The lowest BCUT2D eigenvalue weighted by Crippen LogP contribution is -1.93. The van der Waals surface area contributed by atoms with Gasteiger partial charge in [-0.3, -0.25) is 4.98 Å². The second-order valence-electron chi connectivity index (χ2n) is 9.24. The van der Waals surface area contributed by atoms with Crippen LogP contribution < -0.4 is 0 Å². The molecule has 0 N–H and O–H groups in total. The predicted molar refractivity (Wildman–Crippen MR) is 146 cm³/mol. The highest BCUT2D eigenvalue weighted by molar-refractivity contribution is 6.15. The van der Waals surface area contributed by atoms with Crippen molar-refractivity contribution in [3.8, 4) is 39.2 Å². The van der Waals surface area contributed by atoms with Gasteiger partial charge in [-0.15, -0.1) is 0 Å². The summed E-state index contributed by atoms with van der Waals surface area (Å²) in [5.41, 5.74) is 10.8. The highest BCUT2D eigenvalue weighted by atomic mass is 15.0. The molecule has 0 saturated carbocycles. The molecule has 0 aliphatic heterocycles. The van der Waals surface area contributed by atoms with E-state index in [2.05, 4.69) is 126 Å². The number of nitrogens with zero attached hydrogens (tertiary/aromatic N) is 2. The molecule has 0 atom stereocenters. The van der Waals surface area contributed by atoms with Gasteiger partial charge in [-0.25, -0.2) is 0 Å². The van der Waals surface area contributed by atoms with E-state index < -0.39 is 0 Å². The van der Waals surface area contributed by atoms with E-state index in [9.17, 15) is 0 Å². The van der Waals surface area contributed by atoms with E-state index in [0.29, 0.717) is 0 Å². The molecule has 2 heteroatoms. The van der Waals surface area contributed by atoms with Gasteiger partial charge in [-0.1, -0.05) is 78.9 Å². The van der Waals surface area contributed by atoms with Crippen molar-refractivity contribution in [3.63, 3.8) is 0 Å². The fourth-order valence-electron chi connectivity index (χ4n) is 5.83. The van der Waals surface area contributed by atoms with Gasteiger partial charge in [-0.05, 0) is 63.9 Å². The van der Waals surface area contributed by atoms with Crippen molar-refractivity contribution < 1.29 is 0 Å². The van der Waals surface area contributed by atoms with Crippen molar-refractivity contribution in [2.24, 2.45) is 0 Å². The van der Waals surface area contributed by atoms with Crippen LogP contribution in [0.2, 0.25) is 0 Å². The van der Waals surface area contributed by atoms with E-state index in [1.54, 1.807) is 0 Å². The van der Waals surface area contributed by atoms with Gasteiger partial charge < -0.3 is 4.57 Å². The first kappa shape index (κ1) is 18.7. The third-order valence-electron chi connectivity index (χ3n) is 7.37. The molecule has 0 spiro atoms. The van der Waals surface area contributed by atoms with E-state index in [-0.39, 0.29) is 0 Å². The molecule has 8 rings (SSSR count). The Kier molecular flexibility index (Phi) is 3.69. The maximum absolute atomic E-state index is 4.94. The Bertz CT molecular complexity index is 1940. The maximum atomic E-state index is 4.94. The molecule has 0 saturated heterocycles. The third kappa shape index (κ3) is 2.57. The summed E-state index contributed by atoms with van der Waals surface area (Å²) >= 11 is 0. The second-order valence-corrected chi connectivity index (χ2v) is 9.24. The van der Waals surface area contributed by atoms with Crippen LogP contribution in [0.25, 0.3) is 71.8 Å². The first-order valence-electron chi connectivity index (χ1n) is 12.0. The molecule has 7 aromatic rings. The molecule has 0 amide bonds. The zero-order valence-corrected chi connectivity index (χ0v) is 18.9. The van der Waals surface area contributed by atoms with Crippen molar-refractivity contribution in [2.45, 2.75) is 0 Å². The van der Waals surface area contributed by atoms with E-state index in [4.69, 9.17) is 4.98 Å². The van der Waals surface area contributed by atoms with Crippen molar-refractivity contribution in [1.82, 2.24) is 9.55 Å². The lowest BCUT2D eigenvalue weighted by atomic mass is 10.0. The summed E-state index contributed by atoms with van der Waals surface area (Å²) in [5.74, 6) is 0. The highest BCUT2D eigenvalue weighted by Gasteiger charge is 2.22. The fraction of sp³-hybridized carbons (Fsp3) is 0. The van der Waals surface area contributed by atoms with Crippen LogP contribution in [0.5, 0.6) is 0 Å². The number of hydrogen-bond donors (Lipinski definition) is 0. The normalized spacial score (nSPS) is 12.0.